The molecule has 5 rings (SSSR count). The van der Waals surface area contributed by atoms with E-state index in [1.165, 1.54) is 5.56 Å². The van der Waals surface area contributed by atoms with E-state index in [0.29, 0.717) is 24.4 Å². The van der Waals surface area contributed by atoms with E-state index in [1.807, 2.05) is 60.7 Å². The number of aromatic amines is 1. The summed E-state index contributed by atoms with van der Waals surface area (Å²) in [4.78, 5) is 38.3. The van der Waals surface area contributed by atoms with E-state index < -0.39 is 0 Å². The number of unbranched alkanes of at least 4 members (excludes halogenated alkanes) is 1. The van der Waals surface area contributed by atoms with Gasteiger partial charge in [-0.3, -0.25) is 24.1 Å². The molecule has 0 aliphatic heterocycles. The number of aryl methyl sites for hydroxylation is 2. The first-order valence-corrected chi connectivity index (χ1v) is 12.5. The largest absolute Gasteiger partial charge is 0.357 e. The quantitative estimate of drug-likeness (QED) is 0.278. The maximum Gasteiger partial charge on any atom is 0.273 e. The molecule has 5 aromatic rings. The molecule has 0 saturated heterocycles. The normalized spacial score (nSPS) is 11.0. The summed E-state index contributed by atoms with van der Waals surface area (Å²) in [5.74, 6) is -0.239. The average Bonchev–Trinajstić information content (AvgIpc) is 3.36. The van der Waals surface area contributed by atoms with Crippen LogP contribution in [0.2, 0.25) is 0 Å². The molecule has 0 unspecified atom stereocenters. The number of hydrogen-bond donors (Lipinski definition) is 2. The van der Waals surface area contributed by atoms with Crippen molar-refractivity contribution < 1.29 is 4.79 Å². The molecule has 0 radical (unpaired) electrons. The van der Waals surface area contributed by atoms with Crippen molar-refractivity contribution in [1.82, 2.24) is 24.8 Å². The number of fused-ring (bicyclic) bond motifs is 1. The maximum absolute atomic E-state index is 13.5. The molecule has 0 fully saturated rings. The number of amides is 1. The summed E-state index contributed by atoms with van der Waals surface area (Å²) < 4.78 is 1.54. The van der Waals surface area contributed by atoms with Crippen LogP contribution >= 0.6 is 0 Å². The van der Waals surface area contributed by atoms with Gasteiger partial charge >= 0.3 is 0 Å². The Hall–Kier alpha value is -4.52. The number of aromatic nitrogens is 4. The Morgan fingerprint density at radius 3 is 2.46 bits per heavy atom. The summed E-state index contributed by atoms with van der Waals surface area (Å²) in [5, 5.41) is 3.92. The topological polar surface area (TPSA) is 92.7 Å². The summed E-state index contributed by atoms with van der Waals surface area (Å²) in [5.41, 5.74) is 4.88. The zero-order valence-electron chi connectivity index (χ0n) is 20.6. The molecule has 1 amide bonds. The van der Waals surface area contributed by atoms with E-state index in [9.17, 15) is 9.59 Å². The molecule has 2 N–H and O–H groups in total. The van der Waals surface area contributed by atoms with Gasteiger partial charge < -0.3 is 10.3 Å². The molecular formula is C30H29N5O2. The average molecular weight is 492 g/mol. The van der Waals surface area contributed by atoms with Gasteiger partial charge in [-0.15, -0.1) is 0 Å². The van der Waals surface area contributed by atoms with Crippen LogP contribution in [0.3, 0.4) is 0 Å². The molecular weight excluding hydrogens is 462 g/mol. The molecule has 3 heterocycles. The first-order valence-electron chi connectivity index (χ1n) is 12.5. The SMILES string of the molecule is O=C(Cn1c(-c2ccccc2)cnc(CCCCc2ccccc2)c1=O)NCc1cc2cnccc2[nH]1. The van der Waals surface area contributed by atoms with Crippen LogP contribution < -0.4 is 10.9 Å². The van der Waals surface area contributed by atoms with Crippen molar-refractivity contribution in [1.29, 1.82) is 0 Å². The zero-order chi connectivity index (χ0) is 25.5. The molecule has 0 aliphatic rings. The highest BCUT2D eigenvalue weighted by Crippen LogP contribution is 2.18. The lowest BCUT2D eigenvalue weighted by molar-refractivity contribution is -0.121. The van der Waals surface area contributed by atoms with Crippen LogP contribution in [0.25, 0.3) is 22.2 Å². The highest BCUT2D eigenvalue weighted by molar-refractivity contribution is 5.80. The Morgan fingerprint density at radius 2 is 1.68 bits per heavy atom. The minimum atomic E-state index is -0.239. The van der Waals surface area contributed by atoms with Crippen LogP contribution in [-0.2, 0) is 30.7 Å². The molecule has 0 spiro atoms. The smallest absolute Gasteiger partial charge is 0.273 e. The molecule has 37 heavy (non-hydrogen) atoms. The zero-order valence-corrected chi connectivity index (χ0v) is 20.6. The third-order valence-corrected chi connectivity index (χ3v) is 6.42. The number of H-pyrrole nitrogens is 1. The van der Waals surface area contributed by atoms with Gasteiger partial charge in [0, 0.05) is 29.0 Å². The van der Waals surface area contributed by atoms with Gasteiger partial charge in [-0.2, -0.15) is 0 Å². The van der Waals surface area contributed by atoms with E-state index in [-0.39, 0.29) is 18.0 Å². The first kappa shape index (κ1) is 24.2. The molecule has 7 heteroatoms. The molecule has 0 bridgehead atoms. The first-order chi connectivity index (χ1) is 18.2. The van der Waals surface area contributed by atoms with Crippen molar-refractivity contribution in [2.24, 2.45) is 0 Å². The van der Waals surface area contributed by atoms with Crippen molar-refractivity contribution >= 4 is 16.8 Å². The van der Waals surface area contributed by atoms with Gasteiger partial charge in [0.2, 0.25) is 5.91 Å². The highest BCUT2D eigenvalue weighted by atomic mass is 16.2. The highest BCUT2D eigenvalue weighted by Gasteiger charge is 2.15. The summed E-state index contributed by atoms with van der Waals surface area (Å²) in [6.07, 6.45) is 8.56. The van der Waals surface area contributed by atoms with Gasteiger partial charge in [-0.25, -0.2) is 0 Å². The van der Waals surface area contributed by atoms with E-state index >= 15 is 0 Å². The van der Waals surface area contributed by atoms with Crippen LogP contribution in [0.1, 0.15) is 29.8 Å². The lowest BCUT2D eigenvalue weighted by atomic mass is 10.1. The van der Waals surface area contributed by atoms with Crippen molar-refractivity contribution in [3.8, 4) is 11.3 Å². The van der Waals surface area contributed by atoms with Gasteiger partial charge in [-0.05, 0) is 48.9 Å². The number of pyridine rings is 1. The van der Waals surface area contributed by atoms with Crippen molar-refractivity contribution in [2.45, 2.75) is 38.8 Å². The van der Waals surface area contributed by atoms with Gasteiger partial charge in [0.15, 0.2) is 0 Å². The van der Waals surface area contributed by atoms with Gasteiger partial charge in [0.05, 0.1) is 18.4 Å². The minimum absolute atomic E-state index is 0.0790. The minimum Gasteiger partial charge on any atom is -0.357 e. The third-order valence-electron chi connectivity index (χ3n) is 6.42. The van der Waals surface area contributed by atoms with E-state index in [0.717, 1.165) is 41.4 Å². The summed E-state index contributed by atoms with van der Waals surface area (Å²) >= 11 is 0. The van der Waals surface area contributed by atoms with Gasteiger partial charge in [0.25, 0.3) is 5.56 Å². The molecule has 3 aromatic heterocycles. The second-order valence-corrected chi connectivity index (χ2v) is 9.07. The number of carbonyl (C=O) groups is 1. The van der Waals surface area contributed by atoms with E-state index in [2.05, 4.69) is 32.4 Å². The van der Waals surface area contributed by atoms with Crippen molar-refractivity contribution in [3.05, 3.63) is 119 Å². The Bertz CT molecular complexity index is 1510. The number of carbonyl (C=O) groups excluding carboxylic acids is 1. The lowest BCUT2D eigenvalue weighted by Crippen LogP contribution is -2.34. The van der Waals surface area contributed by atoms with E-state index in [1.54, 1.807) is 23.2 Å². The van der Waals surface area contributed by atoms with Gasteiger partial charge in [-0.1, -0.05) is 60.7 Å². The fourth-order valence-corrected chi connectivity index (χ4v) is 4.48. The molecule has 0 saturated carbocycles. The summed E-state index contributed by atoms with van der Waals surface area (Å²) in [6.45, 7) is 0.255. The fourth-order valence-electron chi connectivity index (χ4n) is 4.48. The van der Waals surface area contributed by atoms with E-state index in [4.69, 9.17) is 0 Å². The summed E-state index contributed by atoms with van der Waals surface area (Å²) in [6, 6.07) is 23.8. The molecule has 2 aromatic carbocycles. The number of benzene rings is 2. The standard InChI is InChI=1S/C30H29N5O2/c36-29(33-19-25-17-24-18-31-16-15-26(24)34-25)21-35-28(23-12-5-2-6-13-23)20-32-27(30(35)37)14-8-7-11-22-9-3-1-4-10-22/h1-6,9-10,12-13,15-18,20,34H,7-8,11,14,19,21H2,(H,33,36). The Labute approximate surface area is 215 Å². The van der Waals surface area contributed by atoms with Crippen LogP contribution in [0.4, 0.5) is 0 Å². The van der Waals surface area contributed by atoms with Gasteiger partial charge in [0.1, 0.15) is 12.2 Å². The predicted octanol–water partition coefficient (Wildman–Crippen LogP) is 4.67. The molecule has 186 valence electrons. The second kappa shape index (κ2) is 11.5. The third kappa shape index (κ3) is 6.01. The van der Waals surface area contributed by atoms with Crippen molar-refractivity contribution in [2.75, 3.05) is 0 Å². The molecule has 7 nitrogen and oxygen atoms in total. The Balaban J connectivity index is 1.30. The Kier molecular flexibility index (Phi) is 7.50. The van der Waals surface area contributed by atoms with Crippen LogP contribution in [0.15, 0.2) is 96.2 Å². The molecule has 0 atom stereocenters. The summed E-state index contributed by atoms with van der Waals surface area (Å²) in [7, 11) is 0. The lowest BCUT2D eigenvalue weighted by Gasteiger charge is -2.14. The van der Waals surface area contributed by atoms with Crippen molar-refractivity contribution in [3.63, 3.8) is 0 Å². The fraction of sp³-hybridized carbons (Fsp3) is 0.200. The van der Waals surface area contributed by atoms with Crippen LogP contribution in [0, 0.1) is 0 Å². The molecule has 0 aliphatic carbocycles. The number of hydrogen-bond acceptors (Lipinski definition) is 4. The maximum atomic E-state index is 13.5. The number of nitrogens with zero attached hydrogens (tertiary/aromatic N) is 3. The van der Waals surface area contributed by atoms with Crippen LogP contribution in [0.5, 0.6) is 0 Å². The number of rotatable bonds is 10. The predicted molar refractivity (Wildman–Crippen MR) is 145 cm³/mol. The van der Waals surface area contributed by atoms with Crippen LogP contribution in [-0.4, -0.2) is 25.4 Å². The number of nitrogens with one attached hydrogen (secondary N) is 2. The second-order valence-electron chi connectivity index (χ2n) is 9.07. The Morgan fingerprint density at radius 1 is 0.919 bits per heavy atom. The monoisotopic (exact) mass is 491 g/mol.